The molecule has 1 atom stereocenters. The summed E-state index contributed by atoms with van der Waals surface area (Å²) >= 11 is 0. The average molecular weight is 296 g/mol. The van der Waals surface area contributed by atoms with Crippen LogP contribution < -0.4 is 11.1 Å². The van der Waals surface area contributed by atoms with Crippen molar-refractivity contribution in [1.29, 1.82) is 0 Å². The fourth-order valence-corrected chi connectivity index (χ4v) is 1.28. The number of carbonyl (C=O) groups is 1. The molecule has 1 aromatic carbocycles. The van der Waals surface area contributed by atoms with Crippen molar-refractivity contribution in [1.82, 2.24) is 5.32 Å². The molecule has 1 aromatic rings. The second-order valence-electron chi connectivity index (χ2n) is 3.86. The average Bonchev–Trinajstić information content (AvgIpc) is 2.27. The van der Waals surface area contributed by atoms with Gasteiger partial charge in [0.2, 0.25) is 0 Å². The minimum absolute atomic E-state index is 0. The maximum Gasteiger partial charge on any atom is 0.416 e. The summed E-state index contributed by atoms with van der Waals surface area (Å²) in [5.74, 6) is -0.750. The minimum Gasteiger partial charge on any atom is -0.398 e. The quantitative estimate of drug-likeness (QED) is 0.740. The zero-order valence-electron chi connectivity index (χ0n) is 10.1. The van der Waals surface area contributed by atoms with Crippen molar-refractivity contribution in [2.75, 3.05) is 12.3 Å². The Labute approximate surface area is 115 Å². The van der Waals surface area contributed by atoms with Crippen LogP contribution in [0.4, 0.5) is 18.9 Å². The normalized spacial score (nSPS) is 12.5. The molecule has 0 radical (unpaired) electrons. The summed E-state index contributed by atoms with van der Waals surface area (Å²) < 4.78 is 37.4. The second-order valence-corrected chi connectivity index (χ2v) is 3.86. The maximum atomic E-state index is 12.5. The van der Waals surface area contributed by atoms with E-state index in [1.54, 1.807) is 0 Å². The van der Waals surface area contributed by atoms with Crippen molar-refractivity contribution in [2.45, 2.75) is 19.1 Å². The Balaban J connectivity index is 0.00000324. The molecule has 8 heteroatoms. The molecular weight excluding hydrogens is 281 g/mol. The Morgan fingerprint density at radius 3 is 2.53 bits per heavy atom. The van der Waals surface area contributed by atoms with Crippen LogP contribution in [0.5, 0.6) is 0 Å². The van der Waals surface area contributed by atoms with E-state index in [1.165, 1.54) is 6.92 Å². The highest BCUT2D eigenvalue weighted by Gasteiger charge is 2.31. The van der Waals surface area contributed by atoms with Crippen LogP contribution >= 0.6 is 13.5 Å². The summed E-state index contributed by atoms with van der Waals surface area (Å²) in [4.78, 5) is 11.6. The molecule has 0 aliphatic heterocycles. The van der Waals surface area contributed by atoms with Gasteiger partial charge in [0, 0.05) is 11.7 Å². The van der Waals surface area contributed by atoms with Gasteiger partial charge in [0.05, 0.1) is 17.7 Å². The summed E-state index contributed by atoms with van der Waals surface area (Å²) in [6.45, 7) is 1.20. The zero-order valence-corrected chi connectivity index (χ0v) is 11.1. The molecule has 0 aliphatic carbocycles. The number of rotatable bonds is 3. The van der Waals surface area contributed by atoms with Gasteiger partial charge in [-0.25, -0.2) is 0 Å². The van der Waals surface area contributed by atoms with Crippen LogP contribution in [-0.4, -0.2) is 23.7 Å². The van der Waals surface area contributed by atoms with E-state index in [0.717, 1.165) is 12.1 Å². The third kappa shape index (κ3) is 4.64. The van der Waals surface area contributed by atoms with E-state index >= 15 is 0 Å². The summed E-state index contributed by atoms with van der Waals surface area (Å²) in [6, 6.07) is 1.96. The van der Waals surface area contributed by atoms with Gasteiger partial charge >= 0.3 is 6.18 Å². The molecule has 0 aliphatic rings. The van der Waals surface area contributed by atoms with E-state index in [4.69, 9.17) is 10.8 Å². The lowest BCUT2D eigenvalue weighted by Crippen LogP contribution is -2.35. The minimum atomic E-state index is -4.54. The molecule has 0 unspecified atom stereocenters. The second kappa shape index (κ2) is 6.67. The van der Waals surface area contributed by atoms with Crippen molar-refractivity contribution >= 4 is 25.1 Å². The summed E-state index contributed by atoms with van der Waals surface area (Å²) in [6.07, 6.45) is -4.54. The van der Waals surface area contributed by atoms with Gasteiger partial charge in [0.1, 0.15) is 0 Å². The molecule has 4 N–H and O–H groups in total. The Morgan fingerprint density at radius 2 is 2.05 bits per heavy atom. The Kier molecular flexibility index (Phi) is 6.17. The van der Waals surface area contributed by atoms with Gasteiger partial charge in [-0.1, -0.05) is 0 Å². The fraction of sp³-hybridized carbons (Fsp3) is 0.364. The van der Waals surface area contributed by atoms with E-state index in [0.29, 0.717) is 6.07 Å². The molecular formula is C11H15F3N2O2S. The number of aliphatic hydroxyl groups is 1. The monoisotopic (exact) mass is 296 g/mol. The molecule has 0 heterocycles. The van der Waals surface area contributed by atoms with Crippen LogP contribution in [0.25, 0.3) is 0 Å². The zero-order chi connectivity index (χ0) is 13.9. The van der Waals surface area contributed by atoms with Crippen molar-refractivity contribution < 1.29 is 23.1 Å². The lowest BCUT2D eigenvalue weighted by molar-refractivity contribution is -0.137. The number of amides is 1. The van der Waals surface area contributed by atoms with Crippen LogP contribution in [0, 0.1) is 0 Å². The highest BCUT2D eigenvalue weighted by molar-refractivity contribution is 7.59. The number of carbonyl (C=O) groups excluding carboxylic acids is 1. The third-order valence-corrected chi connectivity index (χ3v) is 2.28. The number of nitrogens with one attached hydrogen (secondary N) is 1. The predicted molar refractivity (Wildman–Crippen MR) is 70.3 cm³/mol. The first-order valence-electron chi connectivity index (χ1n) is 5.14. The number of anilines is 1. The molecule has 0 spiro atoms. The van der Waals surface area contributed by atoms with Crippen molar-refractivity contribution in [2.24, 2.45) is 0 Å². The highest BCUT2D eigenvalue weighted by atomic mass is 32.1. The third-order valence-electron chi connectivity index (χ3n) is 2.28. The highest BCUT2D eigenvalue weighted by Crippen LogP contribution is 2.31. The summed E-state index contributed by atoms with van der Waals surface area (Å²) in [5, 5.41) is 11.1. The summed E-state index contributed by atoms with van der Waals surface area (Å²) in [5.41, 5.74) is 4.20. The number of hydrogen-bond acceptors (Lipinski definition) is 3. The Morgan fingerprint density at radius 1 is 1.47 bits per heavy atom. The topological polar surface area (TPSA) is 75.3 Å². The number of halogens is 3. The molecule has 4 nitrogen and oxygen atoms in total. The summed E-state index contributed by atoms with van der Waals surface area (Å²) in [7, 11) is 0. The molecule has 19 heavy (non-hydrogen) atoms. The molecule has 0 fully saturated rings. The van der Waals surface area contributed by atoms with E-state index in [9.17, 15) is 18.0 Å². The fourth-order valence-electron chi connectivity index (χ4n) is 1.28. The Bertz CT molecular complexity index is 452. The molecule has 1 rings (SSSR count). The number of nitrogen functional groups attached to an aromatic ring is 1. The predicted octanol–water partition coefficient (Wildman–Crippen LogP) is 1.51. The largest absolute Gasteiger partial charge is 0.416 e. The molecule has 108 valence electrons. The smallest absolute Gasteiger partial charge is 0.398 e. The van der Waals surface area contributed by atoms with Crippen LogP contribution in [-0.2, 0) is 6.18 Å². The van der Waals surface area contributed by atoms with Gasteiger partial charge in [0.25, 0.3) is 5.91 Å². The van der Waals surface area contributed by atoms with E-state index in [2.05, 4.69) is 5.32 Å². The van der Waals surface area contributed by atoms with Gasteiger partial charge in [-0.3, -0.25) is 4.79 Å². The number of alkyl halides is 3. The van der Waals surface area contributed by atoms with Crippen molar-refractivity contribution in [3.8, 4) is 0 Å². The standard InChI is InChI=1S/C11H13F3N2O2.H2S/c1-6(5-17)16-10(18)8-4-7(11(12,13)14)2-3-9(8)15;/h2-4,6,17H,5,15H2,1H3,(H,16,18);1H2/t6-;/m0./s1. The maximum absolute atomic E-state index is 12.5. The Hall–Kier alpha value is -1.41. The molecule has 0 saturated heterocycles. The lowest BCUT2D eigenvalue weighted by Gasteiger charge is -2.14. The van der Waals surface area contributed by atoms with Gasteiger partial charge in [-0.15, -0.1) is 0 Å². The number of nitrogens with two attached hydrogens (primary N) is 1. The van der Waals surface area contributed by atoms with Gasteiger partial charge in [-0.05, 0) is 25.1 Å². The number of aliphatic hydroxyl groups excluding tert-OH is 1. The lowest BCUT2D eigenvalue weighted by atomic mass is 10.1. The molecule has 0 aromatic heterocycles. The van der Waals surface area contributed by atoms with Crippen LogP contribution in [0.2, 0.25) is 0 Å². The first-order chi connectivity index (χ1) is 8.25. The number of benzene rings is 1. The van der Waals surface area contributed by atoms with Gasteiger partial charge < -0.3 is 16.2 Å². The molecule has 0 bridgehead atoms. The van der Waals surface area contributed by atoms with Crippen LogP contribution in [0.1, 0.15) is 22.8 Å². The SMILES string of the molecule is C[C@@H](CO)NC(=O)c1cc(C(F)(F)F)ccc1N.S. The van der Waals surface area contributed by atoms with Crippen LogP contribution in [0.15, 0.2) is 18.2 Å². The number of hydrogen-bond donors (Lipinski definition) is 3. The van der Waals surface area contributed by atoms with Crippen molar-refractivity contribution in [3.63, 3.8) is 0 Å². The van der Waals surface area contributed by atoms with Gasteiger partial charge in [0.15, 0.2) is 0 Å². The molecule has 1 amide bonds. The van der Waals surface area contributed by atoms with Crippen molar-refractivity contribution in [3.05, 3.63) is 29.3 Å². The van der Waals surface area contributed by atoms with E-state index in [1.807, 2.05) is 0 Å². The van der Waals surface area contributed by atoms with E-state index in [-0.39, 0.29) is 31.4 Å². The van der Waals surface area contributed by atoms with Crippen LogP contribution in [0.3, 0.4) is 0 Å². The first kappa shape index (κ1) is 17.6. The first-order valence-corrected chi connectivity index (χ1v) is 5.14. The van der Waals surface area contributed by atoms with Gasteiger partial charge in [-0.2, -0.15) is 26.7 Å². The molecule has 0 saturated carbocycles. The van der Waals surface area contributed by atoms with E-state index < -0.39 is 23.7 Å².